The van der Waals surface area contributed by atoms with Crippen molar-refractivity contribution >= 4 is 5.91 Å². The summed E-state index contributed by atoms with van der Waals surface area (Å²) >= 11 is 0. The number of fused-ring (bicyclic) bond motifs is 1. The van der Waals surface area contributed by atoms with Gasteiger partial charge in [0.05, 0.1) is 11.8 Å². The predicted octanol–water partition coefficient (Wildman–Crippen LogP) is 2.66. The zero-order chi connectivity index (χ0) is 17.4. The highest BCUT2D eigenvalue weighted by atomic mass is 16.3. The summed E-state index contributed by atoms with van der Waals surface area (Å²) < 4.78 is 1.98. The molecule has 1 aliphatic carbocycles. The van der Waals surface area contributed by atoms with Gasteiger partial charge < -0.3 is 10.0 Å². The van der Waals surface area contributed by atoms with E-state index in [1.54, 1.807) is 0 Å². The Bertz CT molecular complexity index is 796. The first kappa shape index (κ1) is 16.3. The number of para-hydroxylation sites is 1. The highest BCUT2D eigenvalue weighted by molar-refractivity contribution is 5.94. The normalized spacial score (nSPS) is 20.4. The van der Waals surface area contributed by atoms with Crippen LogP contribution in [0.3, 0.4) is 0 Å². The number of likely N-dealkylation sites (tertiary alicyclic amines) is 1. The van der Waals surface area contributed by atoms with Crippen LogP contribution in [0.5, 0.6) is 0 Å². The van der Waals surface area contributed by atoms with Crippen LogP contribution in [0, 0.1) is 6.92 Å². The number of hydrogen-bond donors (Lipinski definition) is 1. The number of carbonyl (C=O) groups excluding carboxylic acids is 1. The van der Waals surface area contributed by atoms with Gasteiger partial charge in [0.25, 0.3) is 5.91 Å². The van der Waals surface area contributed by atoms with Crippen molar-refractivity contribution in [3.8, 4) is 5.69 Å². The van der Waals surface area contributed by atoms with Crippen LogP contribution in [0.25, 0.3) is 5.69 Å². The number of aliphatic hydroxyl groups excluding tert-OH is 1. The van der Waals surface area contributed by atoms with Gasteiger partial charge in [-0.1, -0.05) is 18.2 Å². The Morgan fingerprint density at radius 1 is 1.16 bits per heavy atom. The quantitative estimate of drug-likeness (QED) is 0.915. The zero-order valence-electron chi connectivity index (χ0n) is 14.7. The fraction of sp³-hybridized carbons (Fsp3) is 0.500. The maximum atomic E-state index is 13.1. The van der Waals surface area contributed by atoms with E-state index in [0.29, 0.717) is 25.2 Å². The van der Waals surface area contributed by atoms with Crippen LogP contribution in [-0.4, -0.2) is 44.9 Å². The lowest BCUT2D eigenvalue weighted by atomic mass is 10.1. The van der Waals surface area contributed by atoms with Crippen LogP contribution < -0.4 is 0 Å². The lowest BCUT2D eigenvalue weighted by Crippen LogP contribution is -2.33. The highest BCUT2D eigenvalue weighted by Crippen LogP contribution is 2.30. The van der Waals surface area contributed by atoms with Gasteiger partial charge in [-0.3, -0.25) is 4.79 Å². The Hall–Kier alpha value is -2.14. The standard InChI is InChI=1S/C20H25N3O2/c1-14-6-2-3-9-17(14)23-18-10-4-8-16(18)19(21-23)20(25)22-12-5-7-15(24)11-13-22/h2-3,6,9,15,24H,4-5,7-8,10-13H2,1H3. The molecular formula is C20H25N3O2. The molecule has 1 atom stereocenters. The average molecular weight is 339 g/mol. The number of aromatic nitrogens is 2. The van der Waals surface area contributed by atoms with Crippen molar-refractivity contribution in [2.24, 2.45) is 0 Å². The summed E-state index contributed by atoms with van der Waals surface area (Å²) in [5.74, 6) is 0.0274. The van der Waals surface area contributed by atoms with E-state index in [1.165, 1.54) is 5.69 Å². The van der Waals surface area contributed by atoms with Crippen LogP contribution in [0.15, 0.2) is 24.3 Å². The highest BCUT2D eigenvalue weighted by Gasteiger charge is 2.30. The van der Waals surface area contributed by atoms with E-state index >= 15 is 0 Å². The van der Waals surface area contributed by atoms with E-state index in [9.17, 15) is 9.90 Å². The first-order valence-electron chi connectivity index (χ1n) is 9.29. The van der Waals surface area contributed by atoms with E-state index in [2.05, 4.69) is 19.1 Å². The van der Waals surface area contributed by atoms with Crippen LogP contribution in [-0.2, 0) is 12.8 Å². The SMILES string of the molecule is Cc1ccccc1-n1nc(C(=O)N2CCCC(O)CC2)c2c1CCC2. The number of rotatable bonds is 2. The number of aryl methyl sites for hydroxylation is 1. The first-order chi connectivity index (χ1) is 12.1. The van der Waals surface area contributed by atoms with Crippen molar-refractivity contribution in [1.29, 1.82) is 0 Å². The minimum atomic E-state index is -0.284. The Balaban J connectivity index is 1.70. The second-order valence-corrected chi connectivity index (χ2v) is 7.20. The fourth-order valence-electron chi connectivity index (χ4n) is 4.04. The van der Waals surface area contributed by atoms with Gasteiger partial charge in [0.1, 0.15) is 0 Å². The lowest BCUT2D eigenvalue weighted by molar-refractivity contribution is 0.0745. The van der Waals surface area contributed by atoms with Gasteiger partial charge in [-0.05, 0) is 57.1 Å². The molecule has 25 heavy (non-hydrogen) atoms. The average Bonchev–Trinajstić information content (AvgIpc) is 3.14. The molecule has 1 fully saturated rings. The molecule has 1 aliphatic heterocycles. The molecule has 2 heterocycles. The van der Waals surface area contributed by atoms with Crippen molar-refractivity contribution in [3.05, 3.63) is 46.8 Å². The summed E-state index contributed by atoms with van der Waals surface area (Å²) in [6.45, 7) is 3.41. The molecule has 2 aliphatic rings. The van der Waals surface area contributed by atoms with Gasteiger partial charge in [0.15, 0.2) is 5.69 Å². The largest absolute Gasteiger partial charge is 0.393 e. The molecule has 1 N–H and O–H groups in total. The van der Waals surface area contributed by atoms with Gasteiger partial charge in [0, 0.05) is 24.3 Å². The molecule has 1 unspecified atom stereocenters. The van der Waals surface area contributed by atoms with E-state index in [1.807, 2.05) is 21.7 Å². The molecule has 0 radical (unpaired) electrons. The van der Waals surface area contributed by atoms with Crippen LogP contribution >= 0.6 is 0 Å². The minimum absolute atomic E-state index is 0.0274. The summed E-state index contributed by atoms with van der Waals surface area (Å²) in [6.07, 6.45) is 4.99. The molecule has 5 heteroatoms. The third-order valence-electron chi connectivity index (χ3n) is 5.46. The lowest BCUT2D eigenvalue weighted by Gasteiger charge is -2.19. The van der Waals surface area contributed by atoms with Gasteiger partial charge >= 0.3 is 0 Å². The number of carbonyl (C=O) groups is 1. The molecule has 132 valence electrons. The van der Waals surface area contributed by atoms with Gasteiger partial charge in [0.2, 0.25) is 0 Å². The Kier molecular flexibility index (Phi) is 4.34. The minimum Gasteiger partial charge on any atom is -0.393 e. The third kappa shape index (κ3) is 2.97. The molecule has 1 saturated heterocycles. The maximum absolute atomic E-state index is 13.1. The third-order valence-corrected chi connectivity index (χ3v) is 5.46. The van der Waals surface area contributed by atoms with Crippen molar-refractivity contribution < 1.29 is 9.90 Å². The Morgan fingerprint density at radius 2 is 2.00 bits per heavy atom. The fourth-order valence-corrected chi connectivity index (χ4v) is 4.04. The van der Waals surface area contributed by atoms with Crippen LogP contribution in [0.4, 0.5) is 0 Å². The molecule has 1 amide bonds. The van der Waals surface area contributed by atoms with Crippen molar-refractivity contribution in [2.75, 3.05) is 13.1 Å². The van der Waals surface area contributed by atoms with Crippen molar-refractivity contribution in [2.45, 2.75) is 51.6 Å². The molecular weight excluding hydrogens is 314 g/mol. The summed E-state index contributed by atoms with van der Waals surface area (Å²) in [7, 11) is 0. The van der Waals surface area contributed by atoms with Crippen LogP contribution in [0.2, 0.25) is 0 Å². The predicted molar refractivity (Wildman–Crippen MR) is 96.1 cm³/mol. The Labute approximate surface area is 148 Å². The molecule has 5 nitrogen and oxygen atoms in total. The summed E-state index contributed by atoms with van der Waals surface area (Å²) in [5.41, 5.74) is 5.15. The van der Waals surface area contributed by atoms with E-state index in [-0.39, 0.29) is 12.0 Å². The summed E-state index contributed by atoms with van der Waals surface area (Å²) in [6, 6.07) is 8.19. The number of hydrogen-bond acceptors (Lipinski definition) is 3. The van der Waals surface area contributed by atoms with Gasteiger partial charge in [-0.25, -0.2) is 4.68 Å². The van der Waals surface area contributed by atoms with Crippen molar-refractivity contribution in [3.63, 3.8) is 0 Å². The van der Waals surface area contributed by atoms with Crippen LogP contribution in [0.1, 0.15) is 53.0 Å². The molecule has 2 aromatic rings. The molecule has 0 bridgehead atoms. The Morgan fingerprint density at radius 3 is 2.84 bits per heavy atom. The second-order valence-electron chi connectivity index (χ2n) is 7.20. The van der Waals surface area contributed by atoms with Gasteiger partial charge in [-0.2, -0.15) is 5.10 Å². The summed E-state index contributed by atoms with van der Waals surface area (Å²) in [5, 5.41) is 14.6. The molecule has 1 aromatic carbocycles. The molecule has 0 saturated carbocycles. The number of benzene rings is 1. The molecule has 4 rings (SSSR count). The number of amides is 1. The van der Waals surface area contributed by atoms with E-state index in [0.717, 1.165) is 48.9 Å². The molecule has 1 aromatic heterocycles. The van der Waals surface area contributed by atoms with Crippen molar-refractivity contribution in [1.82, 2.24) is 14.7 Å². The second kappa shape index (κ2) is 6.64. The maximum Gasteiger partial charge on any atom is 0.274 e. The monoisotopic (exact) mass is 339 g/mol. The number of aliphatic hydroxyl groups is 1. The van der Waals surface area contributed by atoms with E-state index < -0.39 is 0 Å². The zero-order valence-corrected chi connectivity index (χ0v) is 14.7. The number of nitrogens with zero attached hydrogens (tertiary/aromatic N) is 3. The smallest absolute Gasteiger partial charge is 0.274 e. The summed E-state index contributed by atoms with van der Waals surface area (Å²) in [4.78, 5) is 15.0. The first-order valence-corrected chi connectivity index (χ1v) is 9.29. The van der Waals surface area contributed by atoms with E-state index in [4.69, 9.17) is 5.10 Å². The molecule has 0 spiro atoms. The van der Waals surface area contributed by atoms with Gasteiger partial charge in [-0.15, -0.1) is 0 Å². The topological polar surface area (TPSA) is 58.4 Å².